The average molecular weight is 367 g/mol. The number of nitrogens with one attached hydrogen (secondary N) is 1. The Hall–Kier alpha value is -1.03. The maximum Gasteiger partial charge on any atom is 0.127 e. The first-order valence-electron chi connectivity index (χ1n) is 7.13. The number of ether oxygens (including phenoxy) is 1. The van der Waals surface area contributed by atoms with Gasteiger partial charge < -0.3 is 10.1 Å². The molecule has 1 aliphatic heterocycles. The summed E-state index contributed by atoms with van der Waals surface area (Å²) in [6.07, 6.45) is 0.968. The van der Waals surface area contributed by atoms with Crippen molar-refractivity contribution in [2.45, 2.75) is 19.4 Å². The van der Waals surface area contributed by atoms with E-state index in [-0.39, 0.29) is 6.04 Å². The molecule has 0 fully saturated rings. The van der Waals surface area contributed by atoms with Crippen molar-refractivity contribution < 1.29 is 4.74 Å². The highest BCUT2D eigenvalue weighted by molar-refractivity contribution is 9.10. The van der Waals surface area contributed by atoms with Gasteiger partial charge in [-0.05, 0) is 41.9 Å². The molecular formula is C17H17BrClNO. The fourth-order valence-corrected chi connectivity index (χ4v) is 3.53. The fraction of sp³-hybridized carbons (Fsp3) is 0.294. The van der Waals surface area contributed by atoms with Gasteiger partial charge in [-0.25, -0.2) is 0 Å². The molecule has 0 saturated carbocycles. The van der Waals surface area contributed by atoms with Gasteiger partial charge in [0.25, 0.3) is 0 Å². The first kappa shape index (κ1) is 14.9. The van der Waals surface area contributed by atoms with Crippen molar-refractivity contribution in [2.24, 2.45) is 0 Å². The van der Waals surface area contributed by atoms with Crippen LogP contribution in [0.1, 0.15) is 29.7 Å². The zero-order chi connectivity index (χ0) is 14.8. The molecule has 1 atom stereocenters. The van der Waals surface area contributed by atoms with Crippen LogP contribution >= 0.6 is 27.5 Å². The lowest BCUT2D eigenvalue weighted by molar-refractivity contribution is 0.350. The van der Waals surface area contributed by atoms with E-state index in [1.165, 1.54) is 11.1 Å². The molecule has 21 heavy (non-hydrogen) atoms. The Bertz CT molecular complexity index is 659. The first-order chi connectivity index (χ1) is 10.2. The molecule has 1 heterocycles. The van der Waals surface area contributed by atoms with Crippen LogP contribution in [0.15, 0.2) is 40.9 Å². The number of benzene rings is 2. The summed E-state index contributed by atoms with van der Waals surface area (Å²) in [7, 11) is 0. The van der Waals surface area contributed by atoms with Gasteiger partial charge >= 0.3 is 0 Å². The predicted molar refractivity (Wildman–Crippen MR) is 90.3 cm³/mol. The van der Waals surface area contributed by atoms with Crippen LogP contribution in [0.3, 0.4) is 0 Å². The smallest absolute Gasteiger partial charge is 0.127 e. The Morgan fingerprint density at radius 3 is 2.95 bits per heavy atom. The number of rotatable bonds is 4. The Balaban J connectivity index is 2.10. The zero-order valence-electron chi connectivity index (χ0n) is 11.8. The summed E-state index contributed by atoms with van der Waals surface area (Å²) >= 11 is 9.77. The molecule has 2 aromatic rings. The van der Waals surface area contributed by atoms with E-state index in [0.29, 0.717) is 0 Å². The van der Waals surface area contributed by atoms with Crippen molar-refractivity contribution in [2.75, 3.05) is 13.2 Å². The molecule has 0 aliphatic carbocycles. The lowest BCUT2D eigenvalue weighted by Crippen LogP contribution is -2.22. The minimum absolute atomic E-state index is 0.0815. The Morgan fingerprint density at radius 2 is 2.19 bits per heavy atom. The molecule has 4 heteroatoms. The van der Waals surface area contributed by atoms with Crippen molar-refractivity contribution in [1.82, 2.24) is 5.32 Å². The molecule has 110 valence electrons. The van der Waals surface area contributed by atoms with Crippen LogP contribution in [-0.4, -0.2) is 13.2 Å². The van der Waals surface area contributed by atoms with Crippen LogP contribution in [0.2, 0.25) is 5.02 Å². The van der Waals surface area contributed by atoms with E-state index in [1.807, 2.05) is 18.2 Å². The lowest BCUT2D eigenvalue weighted by atomic mass is 9.96. The van der Waals surface area contributed by atoms with Gasteiger partial charge in [0, 0.05) is 21.5 Å². The molecule has 1 aliphatic rings. The van der Waals surface area contributed by atoms with E-state index in [9.17, 15) is 0 Å². The maximum atomic E-state index is 6.16. The number of hydrogen-bond acceptors (Lipinski definition) is 2. The van der Waals surface area contributed by atoms with Crippen LogP contribution < -0.4 is 10.1 Å². The molecule has 2 nitrogen and oxygen atoms in total. The van der Waals surface area contributed by atoms with Gasteiger partial charge in [-0.2, -0.15) is 0 Å². The SMILES string of the molecule is CCNC(c1cccc(Cl)c1)c1cc(Br)cc2c1OCC2. The molecule has 0 saturated heterocycles. The van der Waals surface area contributed by atoms with Crippen molar-refractivity contribution in [3.63, 3.8) is 0 Å². The number of fused-ring (bicyclic) bond motifs is 1. The Labute approximate surface area is 138 Å². The van der Waals surface area contributed by atoms with E-state index in [4.69, 9.17) is 16.3 Å². The molecule has 1 N–H and O–H groups in total. The molecule has 1 unspecified atom stereocenters. The van der Waals surface area contributed by atoms with Gasteiger partial charge in [0.05, 0.1) is 12.6 Å². The molecule has 3 rings (SSSR count). The number of hydrogen-bond donors (Lipinski definition) is 1. The predicted octanol–water partition coefficient (Wildman–Crippen LogP) is 4.74. The quantitative estimate of drug-likeness (QED) is 0.844. The minimum Gasteiger partial charge on any atom is -0.493 e. The summed E-state index contributed by atoms with van der Waals surface area (Å²) in [6.45, 7) is 3.74. The third-order valence-electron chi connectivity index (χ3n) is 3.68. The highest BCUT2D eigenvalue weighted by Crippen LogP contribution is 2.39. The Morgan fingerprint density at radius 1 is 1.33 bits per heavy atom. The van der Waals surface area contributed by atoms with Crippen LogP contribution in [0, 0.1) is 0 Å². The molecular weight excluding hydrogens is 350 g/mol. The molecule has 0 spiro atoms. The maximum absolute atomic E-state index is 6.16. The molecule has 0 aromatic heterocycles. The summed E-state index contributed by atoms with van der Waals surface area (Å²) in [4.78, 5) is 0. The summed E-state index contributed by atoms with van der Waals surface area (Å²) < 4.78 is 6.96. The van der Waals surface area contributed by atoms with Crippen molar-refractivity contribution >= 4 is 27.5 Å². The van der Waals surface area contributed by atoms with E-state index < -0.39 is 0 Å². The highest BCUT2D eigenvalue weighted by Gasteiger charge is 2.24. The summed E-state index contributed by atoms with van der Waals surface area (Å²) in [6, 6.07) is 12.4. The lowest BCUT2D eigenvalue weighted by Gasteiger charge is -2.22. The van der Waals surface area contributed by atoms with Crippen LogP contribution in [-0.2, 0) is 6.42 Å². The van der Waals surface area contributed by atoms with Crippen LogP contribution in [0.25, 0.3) is 0 Å². The zero-order valence-corrected chi connectivity index (χ0v) is 14.2. The van der Waals surface area contributed by atoms with E-state index in [2.05, 4.69) is 46.4 Å². The Kier molecular flexibility index (Phi) is 4.53. The van der Waals surface area contributed by atoms with Crippen LogP contribution in [0.5, 0.6) is 5.75 Å². The highest BCUT2D eigenvalue weighted by atomic mass is 79.9. The van der Waals surface area contributed by atoms with Gasteiger partial charge in [-0.15, -0.1) is 0 Å². The van der Waals surface area contributed by atoms with Gasteiger partial charge in [0.2, 0.25) is 0 Å². The second kappa shape index (κ2) is 6.39. The number of halogens is 2. The normalized spacial score (nSPS) is 14.6. The summed E-state index contributed by atoms with van der Waals surface area (Å²) in [5, 5.41) is 4.29. The monoisotopic (exact) mass is 365 g/mol. The van der Waals surface area contributed by atoms with E-state index in [1.54, 1.807) is 0 Å². The van der Waals surface area contributed by atoms with Crippen LogP contribution in [0.4, 0.5) is 0 Å². The topological polar surface area (TPSA) is 21.3 Å². The summed E-state index contributed by atoms with van der Waals surface area (Å²) in [5.74, 6) is 1.02. The van der Waals surface area contributed by atoms with Crippen molar-refractivity contribution in [1.29, 1.82) is 0 Å². The van der Waals surface area contributed by atoms with Crippen molar-refractivity contribution in [3.05, 3.63) is 62.6 Å². The molecule has 0 radical (unpaired) electrons. The first-order valence-corrected chi connectivity index (χ1v) is 8.30. The second-order valence-corrected chi connectivity index (χ2v) is 6.48. The van der Waals surface area contributed by atoms with Gasteiger partial charge in [-0.1, -0.05) is 46.6 Å². The van der Waals surface area contributed by atoms with E-state index >= 15 is 0 Å². The standard InChI is InChI=1S/C17H17BrClNO/c1-2-20-16(11-4-3-5-14(19)9-11)15-10-13(18)8-12-6-7-21-17(12)15/h3-5,8-10,16,20H,2,6-7H2,1H3. The molecule has 0 bridgehead atoms. The molecule has 2 aromatic carbocycles. The van der Waals surface area contributed by atoms with Crippen molar-refractivity contribution in [3.8, 4) is 5.75 Å². The average Bonchev–Trinajstić information content (AvgIpc) is 2.92. The van der Waals surface area contributed by atoms with Gasteiger partial charge in [-0.3, -0.25) is 0 Å². The minimum atomic E-state index is 0.0815. The van der Waals surface area contributed by atoms with E-state index in [0.717, 1.165) is 40.4 Å². The third-order valence-corrected chi connectivity index (χ3v) is 4.37. The molecule has 0 amide bonds. The fourth-order valence-electron chi connectivity index (χ4n) is 2.81. The van der Waals surface area contributed by atoms with Gasteiger partial charge in [0.1, 0.15) is 5.75 Å². The summed E-state index contributed by atoms with van der Waals surface area (Å²) in [5.41, 5.74) is 3.59. The third kappa shape index (κ3) is 3.10. The van der Waals surface area contributed by atoms with Gasteiger partial charge in [0.15, 0.2) is 0 Å². The second-order valence-electron chi connectivity index (χ2n) is 5.13. The largest absolute Gasteiger partial charge is 0.493 e.